The minimum absolute atomic E-state index is 0.123. The van der Waals surface area contributed by atoms with Crippen molar-refractivity contribution in [3.63, 3.8) is 0 Å². The van der Waals surface area contributed by atoms with E-state index in [1.54, 1.807) is 20.8 Å². The van der Waals surface area contributed by atoms with Gasteiger partial charge in [-0.1, -0.05) is 60.7 Å². The Kier molecular flexibility index (Phi) is 13.2. The molecule has 8 heteroatoms. The van der Waals surface area contributed by atoms with E-state index < -0.39 is 11.7 Å². The Bertz CT molecular complexity index is 971. The standard InChI is InChI=1S/C29H39N3O5/c1-29(2,3)37-28(34)32(36-24-26-17-9-5-10-18-26)22-14-11-19-27(33)31(21-13-6-12-20-30)35-23-25-15-7-4-8-16-25/h4-5,7-10,15-18H,6,11-14,19,21-24H2,1-3H3. The first-order valence-corrected chi connectivity index (χ1v) is 12.8. The van der Waals surface area contributed by atoms with Gasteiger partial charge in [-0.2, -0.15) is 10.3 Å². The van der Waals surface area contributed by atoms with E-state index in [0.29, 0.717) is 51.8 Å². The number of nitriles is 1. The molecule has 0 bridgehead atoms. The first-order valence-electron chi connectivity index (χ1n) is 12.8. The number of unbranched alkanes of at least 4 members (excludes halogenated alkanes) is 3. The lowest BCUT2D eigenvalue weighted by molar-refractivity contribution is -0.192. The number of ether oxygens (including phenoxy) is 1. The highest BCUT2D eigenvalue weighted by molar-refractivity contribution is 5.75. The summed E-state index contributed by atoms with van der Waals surface area (Å²) in [6.45, 7) is 6.67. The predicted molar refractivity (Wildman–Crippen MR) is 140 cm³/mol. The highest BCUT2D eigenvalue weighted by atomic mass is 16.7. The van der Waals surface area contributed by atoms with Gasteiger partial charge in [0.15, 0.2) is 0 Å². The number of hydroxylamine groups is 4. The van der Waals surface area contributed by atoms with Gasteiger partial charge in [0.1, 0.15) is 18.8 Å². The maximum absolute atomic E-state index is 12.9. The predicted octanol–water partition coefficient (Wildman–Crippen LogP) is 6.18. The van der Waals surface area contributed by atoms with E-state index in [1.807, 2.05) is 60.7 Å². The average molecular weight is 510 g/mol. The summed E-state index contributed by atoms with van der Waals surface area (Å²) in [4.78, 5) is 37.2. The molecule has 0 spiro atoms. The topological polar surface area (TPSA) is 92.1 Å². The van der Waals surface area contributed by atoms with Gasteiger partial charge < -0.3 is 4.74 Å². The van der Waals surface area contributed by atoms with Crippen molar-refractivity contribution in [1.82, 2.24) is 10.1 Å². The Labute approximate surface area is 220 Å². The average Bonchev–Trinajstić information content (AvgIpc) is 2.87. The lowest BCUT2D eigenvalue weighted by Gasteiger charge is -2.27. The minimum atomic E-state index is -0.649. The third-order valence-corrected chi connectivity index (χ3v) is 5.24. The van der Waals surface area contributed by atoms with E-state index in [2.05, 4.69) is 6.07 Å². The Morgan fingerprint density at radius 2 is 1.30 bits per heavy atom. The molecule has 2 aromatic carbocycles. The Hall–Kier alpha value is -3.41. The third-order valence-electron chi connectivity index (χ3n) is 5.24. The molecule has 0 saturated carbocycles. The van der Waals surface area contributed by atoms with Crippen LogP contribution in [0.25, 0.3) is 0 Å². The molecule has 0 N–H and O–H groups in total. The second kappa shape index (κ2) is 16.4. The number of benzene rings is 2. The van der Waals surface area contributed by atoms with E-state index >= 15 is 0 Å². The number of hydrogen-bond donors (Lipinski definition) is 0. The van der Waals surface area contributed by atoms with Crippen molar-refractivity contribution in [2.75, 3.05) is 13.1 Å². The van der Waals surface area contributed by atoms with Crippen molar-refractivity contribution in [2.45, 2.75) is 78.1 Å². The molecular formula is C29H39N3O5. The van der Waals surface area contributed by atoms with Gasteiger partial charge in [0.25, 0.3) is 0 Å². The summed E-state index contributed by atoms with van der Waals surface area (Å²) in [6.07, 6.45) is 2.67. The molecule has 0 radical (unpaired) electrons. The fourth-order valence-electron chi connectivity index (χ4n) is 3.35. The van der Waals surface area contributed by atoms with Crippen LogP contribution in [-0.2, 0) is 32.4 Å². The van der Waals surface area contributed by atoms with Crippen LogP contribution in [0.15, 0.2) is 60.7 Å². The van der Waals surface area contributed by atoms with Crippen molar-refractivity contribution < 1.29 is 24.0 Å². The van der Waals surface area contributed by atoms with E-state index in [0.717, 1.165) is 11.1 Å². The molecule has 2 amide bonds. The number of hydrogen-bond acceptors (Lipinski definition) is 6. The number of carbonyl (C=O) groups excluding carboxylic acids is 2. The molecule has 2 aromatic rings. The second-order valence-corrected chi connectivity index (χ2v) is 9.67. The van der Waals surface area contributed by atoms with Crippen LogP contribution in [-0.4, -0.2) is 40.8 Å². The zero-order valence-corrected chi connectivity index (χ0v) is 22.2. The van der Waals surface area contributed by atoms with Crippen LogP contribution < -0.4 is 0 Å². The van der Waals surface area contributed by atoms with Gasteiger partial charge in [-0.25, -0.2) is 9.86 Å². The fourth-order valence-corrected chi connectivity index (χ4v) is 3.35. The molecule has 0 aromatic heterocycles. The molecule has 0 aliphatic carbocycles. The van der Waals surface area contributed by atoms with Crippen LogP contribution in [0.1, 0.15) is 70.4 Å². The Morgan fingerprint density at radius 1 is 0.784 bits per heavy atom. The van der Waals surface area contributed by atoms with Crippen molar-refractivity contribution >= 4 is 12.0 Å². The van der Waals surface area contributed by atoms with Crippen molar-refractivity contribution in [3.8, 4) is 6.07 Å². The number of rotatable bonds is 15. The summed E-state index contributed by atoms with van der Waals surface area (Å²) >= 11 is 0. The molecule has 37 heavy (non-hydrogen) atoms. The van der Waals surface area contributed by atoms with E-state index in [1.165, 1.54) is 10.1 Å². The lowest BCUT2D eigenvalue weighted by atomic mass is 10.2. The molecule has 0 aliphatic rings. The Balaban J connectivity index is 1.87. The number of nitrogens with zero attached hydrogens (tertiary/aromatic N) is 3. The van der Waals surface area contributed by atoms with Crippen LogP contribution in [0.2, 0.25) is 0 Å². The molecule has 0 unspecified atom stereocenters. The Morgan fingerprint density at radius 3 is 1.84 bits per heavy atom. The molecular weight excluding hydrogens is 470 g/mol. The molecule has 0 aliphatic heterocycles. The van der Waals surface area contributed by atoms with E-state index in [-0.39, 0.29) is 18.9 Å². The molecule has 0 atom stereocenters. The first-order chi connectivity index (χ1) is 17.8. The first kappa shape index (κ1) is 29.8. The van der Waals surface area contributed by atoms with Gasteiger partial charge in [-0.3, -0.25) is 14.5 Å². The molecule has 200 valence electrons. The monoisotopic (exact) mass is 509 g/mol. The van der Waals surface area contributed by atoms with Crippen molar-refractivity contribution in [1.29, 1.82) is 5.26 Å². The third kappa shape index (κ3) is 12.9. The van der Waals surface area contributed by atoms with Gasteiger partial charge in [0, 0.05) is 19.4 Å². The van der Waals surface area contributed by atoms with Gasteiger partial charge >= 0.3 is 6.09 Å². The molecule has 2 rings (SSSR count). The van der Waals surface area contributed by atoms with Crippen molar-refractivity contribution in [3.05, 3.63) is 71.8 Å². The highest BCUT2D eigenvalue weighted by Gasteiger charge is 2.23. The number of carbonyl (C=O) groups is 2. The molecule has 0 heterocycles. The van der Waals surface area contributed by atoms with Gasteiger partial charge in [-0.15, -0.1) is 0 Å². The SMILES string of the molecule is CC(C)(C)OC(=O)N(CCCCC(=O)N(CCCCC#N)OCc1ccccc1)OCc1ccccc1. The normalized spacial score (nSPS) is 11.0. The molecule has 0 fully saturated rings. The van der Waals surface area contributed by atoms with Gasteiger partial charge in [-0.05, 0) is 57.6 Å². The van der Waals surface area contributed by atoms with Gasteiger partial charge in [0.05, 0.1) is 12.6 Å². The van der Waals surface area contributed by atoms with Crippen LogP contribution in [0.5, 0.6) is 0 Å². The quantitative estimate of drug-likeness (QED) is 0.210. The minimum Gasteiger partial charge on any atom is -0.442 e. The zero-order chi connectivity index (χ0) is 26.9. The maximum atomic E-state index is 12.9. The molecule has 0 saturated heterocycles. The van der Waals surface area contributed by atoms with E-state index in [4.69, 9.17) is 19.7 Å². The van der Waals surface area contributed by atoms with Gasteiger partial charge in [0.2, 0.25) is 5.91 Å². The van der Waals surface area contributed by atoms with E-state index in [9.17, 15) is 9.59 Å². The van der Waals surface area contributed by atoms with Crippen LogP contribution in [0, 0.1) is 11.3 Å². The summed E-state index contributed by atoms with van der Waals surface area (Å²) in [7, 11) is 0. The summed E-state index contributed by atoms with van der Waals surface area (Å²) in [5, 5.41) is 11.4. The van der Waals surface area contributed by atoms with Crippen LogP contribution in [0.4, 0.5) is 4.79 Å². The summed E-state index contributed by atoms with van der Waals surface area (Å²) in [6, 6.07) is 21.4. The van der Waals surface area contributed by atoms with Crippen LogP contribution in [0.3, 0.4) is 0 Å². The fraction of sp³-hybridized carbons (Fsp3) is 0.483. The summed E-state index contributed by atoms with van der Waals surface area (Å²) < 4.78 is 5.49. The largest absolute Gasteiger partial charge is 0.442 e. The lowest BCUT2D eigenvalue weighted by Crippen LogP contribution is -2.37. The highest BCUT2D eigenvalue weighted by Crippen LogP contribution is 2.14. The summed E-state index contributed by atoms with van der Waals surface area (Å²) in [5.41, 5.74) is 1.26. The molecule has 8 nitrogen and oxygen atoms in total. The maximum Gasteiger partial charge on any atom is 0.434 e. The smallest absolute Gasteiger partial charge is 0.434 e. The van der Waals surface area contributed by atoms with Crippen LogP contribution >= 0.6 is 0 Å². The zero-order valence-electron chi connectivity index (χ0n) is 22.2. The summed E-state index contributed by atoms with van der Waals surface area (Å²) in [5.74, 6) is -0.123. The second-order valence-electron chi connectivity index (χ2n) is 9.67. The van der Waals surface area contributed by atoms with Crippen molar-refractivity contribution in [2.24, 2.45) is 0 Å². The number of amides is 2.